The molecule has 3 rings (SSSR count). The van der Waals surface area contributed by atoms with Crippen molar-refractivity contribution in [2.24, 2.45) is 0 Å². The van der Waals surface area contributed by atoms with Crippen LogP contribution in [0.5, 0.6) is 5.75 Å². The molecule has 0 bridgehead atoms. The fourth-order valence-corrected chi connectivity index (χ4v) is 3.33. The van der Waals surface area contributed by atoms with E-state index >= 15 is 0 Å². The molecule has 2 aromatic carbocycles. The molecule has 0 aromatic heterocycles. The van der Waals surface area contributed by atoms with Crippen LogP contribution in [0.25, 0.3) is 0 Å². The molecule has 0 radical (unpaired) electrons. The summed E-state index contributed by atoms with van der Waals surface area (Å²) in [6, 6.07) is 12.3. The van der Waals surface area contributed by atoms with Crippen molar-refractivity contribution in [3.8, 4) is 5.75 Å². The first-order chi connectivity index (χ1) is 13.5. The highest BCUT2D eigenvalue weighted by molar-refractivity contribution is 6.00. The summed E-state index contributed by atoms with van der Waals surface area (Å²) < 4.78 is 10.6. The molecule has 0 fully saturated rings. The van der Waals surface area contributed by atoms with Crippen LogP contribution in [0, 0.1) is 0 Å². The average molecular weight is 380 g/mol. The Morgan fingerprint density at radius 2 is 1.64 bits per heavy atom. The maximum Gasteiger partial charge on any atom is 0.344 e. The third kappa shape index (κ3) is 4.66. The van der Waals surface area contributed by atoms with Crippen LogP contribution in [0.3, 0.4) is 0 Å². The van der Waals surface area contributed by atoms with Gasteiger partial charge in [-0.05, 0) is 67.6 Å². The molecule has 2 aromatic rings. The fraction of sp³-hybridized carbons (Fsp3) is 0.348. The summed E-state index contributed by atoms with van der Waals surface area (Å²) in [5.41, 5.74) is 3.67. The molecule has 0 spiro atoms. The summed E-state index contributed by atoms with van der Waals surface area (Å²) in [6.07, 6.45) is 2.71. The molecule has 28 heavy (non-hydrogen) atoms. The van der Waals surface area contributed by atoms with E-state index in [1.165, 1.54) is 11.1 Å². The van der Waals surface area contributed by atoms with Gasteiger partial charge in [0.2, 0.25) is 5.78 Å². The lowest BCUT2D eigenvalue weighted by Gasteiger charge is -2.13. The van der Waals surface area contributed by atoms with E-state index in [2.05, 4.69) is 0 Å². The first kappa shape index (κ1) is 19.8. The Hall–Kier alpha value is -2.95. The van der Waals surface area contributed by atoms with Crippen molar-refractivity contribution in [1.82, 2.24) is 0 Å². The van der Waals surface area contributed by atoms with Gasteiger partial charge in [0.1, 0.15) is 5.75 Å². The molecule has 5 nitrogen and oxygen atoms in total. The van der Waals surface area contributed by atoms with Gasteiger partial charge in [-0.15, -0.1) is 0 Å². The largest absolute Gasteiger partial charge is 0.482 e. The zero-order chi connectivity index (χ0) is 20.1. The molecule has 0 aliphatic heterocycles. The minimum absolute atomic E-state index is 0.0462. The number of hydrogen-bond acceptors (Lipinski definition) is 5. The monoisotopic (exact) mass is 380 g/mol. The Kier molecular flexibility index (Phi) is 6.24. The topological polar surface area (TPSA) is 69.7 Å². The Morgan fingerprint density at radius 3 is 2.36 bits per heavy atom. The molecule has 0 saturated carbocycles. The fourth-order valence-electron chi connectivity index (χ4n) is 3.33. The number of Topliss-reactive ketones (excluding diaryl/α,β-unsaturated/α-hetero) is 2. The van der Waals surface area contributed by atoms with E-state index in [9.17, 15) is 14.4 Å². The SMILES string of the molecule is CCC(=O)c1ccc(OCC(=O)O[C@@H](C)C(=O)c2ccc3c(c2)CCC3)cc1. The zero-order valence-electron chi connectivity index (χ0n) is 16.2. The van der Waals surface area contributed by atoms with Crippen LogP contribution in [0.15, 0.2) is 42.5 Å². The average Bonchev–Trinajstić information content (AvgIpc) is 3.19. The van der Waals surface area contributed by atoms with E-state index in [0.717, 1.165) is 19.3 Å². The van der Waals surface area contributed by atoms with Crippen molar-refractivity contribution < 1.29 is 23.9 Å². The van der Waals surface area contributed by atoms with E-state index < -0.39 is 12.1 Å². The molecule has 1 aliphatic carbocycles. The number of ketones is 2. The highest BCUT2D eigenvalue weighted by Crippen LogP contribution is 2.23. The summed E-state index contributed by atoms with van der Waals surface area (Å²) >= 11 is 0. The first-order valence-corrected chi connectivity index (χ1v) is 9.59. The van der Waals surface area contributed by atoms with E-state index in [-0.39, 0.29) is 18.2 Å². The van der Waals surface area contributed by atoms with Gasteiger partial charge in [0.15, 0.2) is 18.5 Å². The van der Waals surface area contributed by atoms with E-state index in [1.807, 2.05) is 12.1 Å². The molecule has 0 heterocycles. The molecule has 1 atom stereocenters. The van der Waals surface area contributed by atoms with Crippen molar-refractivity contribution in [3.63, 3.8) is 0 Å². The van der Waals surface area contributed by atoms with Gasteiger partial charge in [0, 0.05) is 17.5 Å². The van der Waals surface area contributed by atoms with Gasteiger partial charge in [0.05, 0.1) is 0 Å². The molecule has 146 valence electrons. The van der Waals surface area contributed by atoms with Gasteiger partial charge in [-0.2, -0.15) is 0 Å². The highest BCUT2D eigenvalue weighted by atomic mass is 16.6. The predicted molar refractivity (Wildman–Crippen MR) is 105 cm³/mol. The van der Waals surface area contributed by atoms with Crippen LogP contribution < -0.4 is 4.74 Å². The normalized spacial score (nSPS) is 13.5. The van der Waals surface area contributed by atoms with Crippen molar-refractivity contribution in [2.45, 2.75) is 45.6 Å². The lowest BCUT2D eigenvalue weighted by Crippen LogP contribution is -2.27. The molecule has 5 heteroatoms. The van der Waals surface area contributed by atoms with Crippen LogP contribution in [0.1, 0.15) is 58.5 Å². The van der Waals surface area contributed by atoms with Gasteiger partial charge < -0.3 is 9.47 Å². The number of aryl methyl sites for hydroxylation is 2. The predicted octanol–water partition coefficient (Wildman–Crippen LogP) is 3.96. The summed E-state index contributed by atoms with van der Waals surface area (Å²) in [4.78, 5) is 36.2. The van der Waals surface area contributed by atoms with Crippen LogP contribution >= 0.6 is 0 Å². The molecular formula is C23H24O5. The van der Waals surface area contributed by atoms with Crippen molar-refractivity contribution in [2.75, 3.05) is 6.61 Å². The minimum atomic E-state index is -0.875. The van der Waals surface area contributed by atoms with E-state index in [4.69, 9.17) is 9.47 Å². The summed E-state index contributed by atoms with van der Waals surface area (Å²) in [5, 5.41) is 0. The van der Waals surface area contributed by atoms with Crippen LogP contribution in [-0.2, 0) is 22.4 Å². The van der Waals surface area contributed by atoms with Crippen LogP contribution in [0.4, 0.5) is 0 Å². The Labute approximate surface area is 164 Å². The van der Waals surface area contributed by atoms with Gasteiger partial charge in [-0.3, -0.25) is 9.59 Å². The number of carbonyl (C=O) groups is 3. The molecule has 0 saturated heterocycles. The Morgan fingerprint density at radius 1 is 0.964 bits per heavy atom. The standard InChI is InChI=1S/C23H24O5/c1-3-21(24)17-9-11-20(12-10-17)27-14-22(25)28-15(2)23(26)19-8-7-16-5-4-6-18(16)13-19/h7-13,15H,3-6,14H2,1-2H3/t15-/m0/s1. The molecular weight excluding hydrogens is 356 g/mol. The van der Waals surface area contributed by atoms with Crippen LogP contribution in [0.2, 0.25) is 0 Å². The summed E-state index contributed by atoms with van der Waals surface area (Å²) in [5.74, 6) is -0.326. The second-order valence-corrected chi connectivity index (χ2v) is 6.92. The third-order valence-electron chi connectivity index (χ3n) is 4.91. The number of carbonyl (C=O) groups excluding carboxylic acids is 3. The maximum atomic E-state index is 12.5. The summed E-state index contributed by atoms with van der Waals surface area (Å²) in [6.45, 7) is 3.06. The molecule has 0 unspecified atom stereocenters. The van der Waals surface area contributed by atoms with E-state index in [0.29, 0.717) is 23.3 Å². The first-order valence-electron chi connectivity index (χ1n) is 9.59. The molecule has 0 N–H and O–H groups in total. The smallest absolute Gasteiger partial charge is 0.344 e. The van der Waals surface area contributed by atoms with Gasteiger partial charge in [0.25, 0.3) is 0 Å². The number of hydrogen-bond donors (Lipinski definition) is 0. The Balaban J connectivity index is 1.51. The zero-order valence-corrected chi connectivity index (χ0v) is 16.2. The number of ether oxygens (including phenoxy) is 2. The van der Waals surface area contributed by atoms with Crippen molar-refractivity contribution in [3.05, 3.63) is 64.7 Å². The Bertz CT molecular complexity index is 882. The van der Waals surface area contributed by atoms with Crippen LogP contribution in [-0.4, -0.2) is 30.2 Å². The van der Waals surface area contributed by atoms with Gasteiger partial charge in [-0.25, -0.2) is 4.79 Å². The van der Waals surface area contributed by atoms with Crippen molar-refractivity contribution >= 4 is 17.5 Å². The second kappa shape index (κ2) is 8.83. The summed E-state index contributed by atoms with van der Waals surface area (Å²) in [7, 11) is 0. The number of esters is 1. The lowest BCUT2D eigenvalue weighted by atomic mass is 10.0. The third-order valence-corrected chi connectivity index (χ3v) is 4.91. The van der Waals surface area contributed by atoms with Crippen molar-refractivity contribution in [1.29, 1.82) is 0 Å². The quantitative estimate of drug-likeness (QED) is 0.512. The maximum absolute atomic E-state index is 12.5. The number of benzene rings is 2. The van der Waals surface area contributed by atoms with Gasteiger partial charge in [-0.1, -0.05) is 19.1 Å². The number of fused-ring (bicyclic) bond motifs is 1. The minimum Gasteiger partial charge on any atom is -0.482 e. The second-order valence-electron chi connectivity index (χ2n) is 6.92. The van der Waals surface area contributed by atoms with Gasteiger partial charge >= 0.3 is 5.97 Å². The molecule has 0 amide bonds. The number of rotatable bonds is 8. The van der Waals surface area contributed by atoms with E-state index in [1.54, 1.807) is 44.2 Å². The molecule has 1 aliphatic rings. The highest BCUT2D eigenvalue weighted by Gasteiger charge is 2.21. The lowest BCUT2D eigenvalue weighted by molar-refractivity contribution is -0.148.